The molecule has 0 bridgehead atoms. The first-order valence-corrected chi connectivity index (χ1v) is 10.0. The Hall–Kier alpha value is -1.01. The molecule has 2 amide bonds. The minimum Gasteiger partial charge on any atom is -0.322 e. The summed E-state index contributed by atoms with van der Waals surface area (Å²) in [6, 6.07) is 7.87. The molecule has 1 fully saturated rings. The number of hydrogen-bond donors (Lipinski definition) is 1. The molecule has 0 aliphatic carbocycles. The van der Waals surface area contributed by atoms with E-state index in [9.17, 15) is 9.00 Å². The van der Waals surface area contributed by atoms with Crippen molar-refractivity contribution in [3.63, 3.8) is 0 Å². The van der Waals surface area contributed by atoms with Crippen molar-refractivity contribution < 1.29 is 9.00 Å². The molecule has 1 heterocycles. The van der Waals surface area contributed by atoms with Crippen LogP contribution in [-0.2, 0) is 16.6 Å². The Morgan fingerprint density at radius 2 is 2.23 bits per heavy atom. The molecule has 1 aliphatic rings. The van der Waals surface area contributed by atoms with Crippen LogP contribution in [0.25, 0.3) is 0 Å². The smallest absolute Gasteiger partial charge is 0.321 e. The van der Waals surface area contributed by atoms with Crippen molar-refractivity contribution in [1.29, 1.82) is 0 Å². The molecule has 0 spiro atoms. The van der Waals surface area contributed by atoms with Crippen LogP contribution in [0, 0.1) is 0 Å². The molecule has 1 aromatic carbocycles. The average Bonchev–Trinajstić information content (AvgIpc) is 2.48. The largest absolute Gasteiger partial charge is 0.322 e. The number of benzene rings is 1. The van der Waals surface area contributed by atoms with Crippen molar-refractivity contribution in [2.75, 3.05) is 29.9 Å². The first-order valence-electron chi connectivity index (χ1n) is 7.53. The Morgan fingerprint density at radius 3 is 2.91 bits per heavy atom. The molecule has 4 nitrogen and oxygen atoms in total. The third-order valence-electron chi connectivity index (χ3n) is 3.67. The molecule has 22 heavy (non-hydrogen) atoms. The van der Waals surface area contributed by atoms with Crippen molar-refractivity contribution in [2.24, 2.45) is 0 Å². The van der Waals surface area contributed by atoms with Crippen LogP contribution in [0.1, 0.15) is 26.3 Å². The molecule has 0 radical (unpaired) electrons. The van der Waals surface area contributed by atoms with Gasteiger partial charge in [-0.15, -0.1) is 0 Å². The van der Waals surface area contributed by atoms with Gasteiger partial charge in [0.25, 0.3) is 0 Å². The average molecular weight is 341 g/mol. The molecule has 1 aromatic rings. The van der Waals surface area contributed by atoms with E-state index in [2.05, 4.69) is 18.3 Å². The fraction of sp³-hybridized carbons (Fsp3) is 0.562. The van der Waals surface area contributed by atoms with Crippen LogP contribution in [0.5, 0.6) is 0 Å². The summed E-state index contributed by atoms with van der Waals surface area (Å²) in [5, 5.41) is 2.96. The van der Waals surface area contributed by atoms with Gasteiger partial charge in [0, 0.05) is 41.1 Å². The van der Waals surface area contributed by atoms with Crippen LogP contribution in [0.2, 0.25) is 0 Å². The summed E-state index contributed by atoms with van der Waals surface area (Å²) >= 11 is 1.86. The molecule has 0 unspecified atom stereocenters. The van der Waals surface area contributed by atoms with Gasteiger partial charge < -0.3 is 10.2 Å². The first-order chi connectivity index (χ1) is 10.4. The monoisotopic (exact) mass is 340 g/mol. The number of rotatable bonds is 4. The first kappa shape index (κ1) is 17.3. The molecule has 1 atom stereocenters. The van der Waals surface area contributed by atoms with Gasteiger partial charge in [-0.25, -0.2) is 4.79 Å². The maximum Gasteiger partial charge on any atom is 0.321 e. The zero-order chi connectivity index (χ0) is 16.2. The highest BCUT2D eigenvalue weighted by molar-refractivity contribution is 7.98. The Labute approximate surface area is 139 Å². The summed E-state index contributed by atoms with van der Waals surface area (Å²) in [4.78, 5) is 14.2. The molecule has 0 saturated carbocycles. The third-order valence-corrected chi connectivity index (χ3v) is 6.53. The SMILES string of the molecule is CCSCc1cccc(NC(=O)N2CC[S@@](=O)C(C)(C)C2)c1. The summed E-state index contributed by atoms with van der Waals surface area (Å²) in [6.07, 6.45) is 0. The number of hydrogen-bond acceptors (Lipinski definition) is 3. The van der Waals surface area contributed by atoms with E-state index in [0.29, 0.717) is 18.8 Å². The van der Waals surface area contributed by atoms with E-state index >= 15 is 0 Å². The van der Waals surface area contributed by atoms with E-state index in [1.54, 1.807) is 4.90 Å². The van der Waals surface area contributed by atoms with Crippen molar-refractivity contribution in [2.45, 2.75) is 31.3 Å². The predicted molar refractivity (Wildman–Crippen MR) is 96.0 cm³/mol. The van der Waals surface area contributed by atoms with Crippen LogP contribution >= 0.6 is 11.8 Å². The minimum absolute atomic E-state index is 0.106. The number of carbonyl (C=O) groups excluding carboxylic acids is 1. The summed E-state index contributed by atoms with van der Waals surface area (Å²) in [6.45, 7) is 7.11. The van der Waals surface area contributed by atoms with E-state index in [1.807, 2.05) is 43.8 Å². The second kappa shape index (κ2) is 7.51. The number of thioether (sulfide) groups is 1. The normalized spacial score (nSPS) is 20.7. The van der Waals surface area contributed by atoms with Gasteiger partial charge in [0.1, 0.15) is 0 Å². The Balaban J connectivity index is 1.98. The lowest BCUT2D eigenvalue weighted by Crippen LogP contribution is -2.53. The summed E-state index contributed by atoms with van der Waals surface area (Å²) in [7, 11) is -0.866. The van der Waals surface area contributed by atoms with Crippen molar-refractivity contribution >= 4 is 34.3 Å². The molecule has 1 N–H and O–H groups in total. The van der Waals surface area contributed by atoms with E-state index in [1.165, 1.54) is 5.56 Å². The summed E-state index contributed by atoms with van der Waals surface area (Å²) < 4.78 is 11.6. The van der Waals surface area contributed by atoms with Crippen molar-refractivity contribution in [1.82, 2.24) is 4.90 Å². The zero-order valence-electron chi connectivity index (χ0n) is 13.4. The van der Waals surface area contributed by atoms with Crippen LogP contribution < -0.4 is 5.32 Å². The lowest BCUT2D eigenvalue weighted by atomic mass is 10.2. The molecule has 6 heteroatoms. The van der Waals surface area contributed by atoms with Gasteiger partial charge in [0.2, 0.25) is 0 Å². The molecular formula is C16H24N2O2S2. The lowest BCUT2D eigenvalue weighted by molar-refractivity contribution is 0.207. The number of nitrogens with zero attached hydrogens (tertiary/aromatic N) is 1. The highest BCUT2D eigenvalue weighted by atomic mass is 32.2. The van der Waals surface area contributed by atoms with Gasteiger partial charge in [0.15, 0.2) is 0 Å². The van der Waals surface area contributed by atoms with Crippen LogP contribution in [0.15, 0.2) is 24.3 Å². The number of carbonyl (C=O) groups is 1. The number of amides is 2. The Bertz CT molecular complexity index is 561. The van der Waals surface area contributed by atoms with E-state index in [4.69, 9.17) is 0 Å². The zero-order valence-corrected chi connectivity index (χ0v) is 15.1. The second-order valence-electron chi connectivity index (χ2n) is 6.00. The van der Waals surface area contributed by atoms with Gasteiger partial charge in [-0.1, -0.05) is 19.1 Å². The van der Waals surface area contributed by atoms with Gasteiger partial charge >= 0.3 is 6.03 Å². The molecule has 122 valence electrons. The topological polar surface area (TPSA) is 49.4 Å². The van der Waals surface area contributed by atoms with Crippen molar-refractivity contribution in [3.05, 3.63) is 29.8 Å². The van der Waals surface area contributed by atoms with Gasteiger partial charge in [-0.2, -0.15) is 11.8 Å². The number of anilines is 1. The summed E-state index contributed by atoms with van der Waals surface area (Å²) in [5.74, 6) is 2.58. The molecule has 0 aromatic heterocycles. The van der Waals surface area contributed by atoms with Crippen LogP contribution in [0.3, 0.4) is 0 Å². The van der Waals surface area contributed by atoms with Gasteiger partial charge in [-0.3, -0.25) is 4.21 Å². The molecular weight excluding hydrogens is 316 g/mol. The second-order valence-corrected chi connectivity index (χ2v) is 9.48. The molecule has 1 aliphatic heterocycles. The Kier molecular flexibility index (Phi) is 5.92. The maximum absolute atomic E-state index is 12.4. The van der Waals surface area contributed by atoms with E-state index in [-0.39, 0.29) is 10.8 Å². The molecule has 1 saturated heterocycles. The lowest BCUT2D eigenvalue weighted by Gasteiger charge is -2.37. The Morgan fingerprint density at radius 1 is 1.45 bits per heavy atom. The predicted octanol–water partition coefficient (Wildman–Crippen LogP) is 3.31. The fourth-order valence-electron chi connectivity index (χ4n) is 2.41. The number of urea groups is 1. The van der Waals surface area contributed by atoms with Gasteiger partial charge in [-0.05, 0) is 37.3 Å². The minimum atomic E-state index is -0.866. The van der Waals surface area contributed by atoms with Crippen LogP contribution in [-0.4, -0.2) is 44.5 Å². The van der Waals surface area contributed by atoms with Gasteiger partial charge in [0.05, 0.1) is 4.75 Å². The highest BCUT2D eigenvalue weighted by Crippen LogP contribution is 2.21. The standard InChI is InChI=1S/C16H24N2O2S2/c1-4-21-11-13-6-5-7-14(10-13)17-15(19)18-8-9-22(20)16(2,3)12-18/h5-7,10H,4,8-9,11-12H2,1-3H3,(H,17,19)/t22-/m1/s1. The quantitative estimate of drug-likeness (QED) is 0.915. The maximum atomic E-state index is 12.4. The highest BCUT2D eigenvalue weighted by Gasteiger charge is 2.35. The van der Waals surface area contributed by atoms with Crippen molar-refractivity contribution in [3.8, 4) is 0 Å². The van der Waals surface area contributed by atoms with E-state index < -0.39 is 10.8 Å². The van der Waals surface area contributed by atoms with E-state index in [0.717, 1.165) is 17.2 Å². The number of nitrogens with one attached hydrogen (secondary N) is 1. The fourth-order valence-corrected chi connectivity index (χ4v) is 4.27. The van der Waals surface area contributed by atoms with Crippen LogP contribution in [0.4, 0.5) is 10.5 Å². The molecule has 2 rings (SSSR count). The summed E-state index contributed by atoms with van der Waals surface area (Å²) in [5.41, 5.74) is 2.04. The third kappa shape index (κ3) is 4.49.